The highest BCUT2D eigenvalue weighted by Crippen LogP contribution is 2.37. The Balaban J connectivity index is 1.52. The van der Waals surface area contributed by atoms with Gasteiger partial charge < -0.3 is 15.0 Å². The minimum absolute atomic E-state index is 0.0199. The molecule has 33 heavy (non-hydrogen) atoms. The van der Waals surface area contributed by atoms with E-state index in [4.69, 9.17) is 4.74 Å². The number of benzene rings is 2. The zero-order chi connectivity index (χ0) is 23.8. The van der Waals surface area contributed by atoms with Gasteiger partial charge >= 0.3 is 5.97 Å². The molecule has 2 aromatic carbocycles. The van der Waals surface area contributed by atoms with Crippen molar-refractivity contribution < 1.29 is 24.0 Å². The molecule has 10 nitrogen and oxygen atoms in total. The first-order valence-corrected chi connectivity index (χ1v) is 10.6. The van der Waals surface area contributed by atoms with Crippen molar-refractivity contribution in [2.75, 3.05) is 34.8 Å². The molecule has 0 aromatic heterocycles. The van der Waals surface area contributed by atoms with E-state index < -0.39 is 28.9 Å². The Kier molecular flexibility index (Phi) is 5.75. The molecule has 0 bridgehead atoms. The molecule has 1 saturated heterocycles. The van der Waals surface area contributed by atoms with Crippen molar-refractivity contribution in [1.29, 1.82) is 0 Å². The Morgan fingerprint density at radius 1 is 1.12 bits per heavy atom. The summed E-state index contributed by atoms with van der Waals surface area (Å²) in [4.78, 5) is 52.4. The maximum absolute atomic E-state index is 13.0. The lowest BCUT2D eigenvalue weighted by atomic mass is 9.96. The first-order chi connectivity index (χ1) is 15.7. The van der Waals surface area contributed by atoms with Crippen LogP contribution < -0.4 is 15.1 Å². The number of nitrogens with one attached hydrogen (secondary N) is 1. The van der Waals surface area contributed by atoms with E-state index >= 15 is 0 Å². The number of ether oxygens (including phenoxy) is 1. The molecule has 2 heterocycles. The number of nitrogens with zero attached hydrogens (tertiary/aromatic N) is 3. The molecule has 2 aliphatic rings. The summed E-state index contributed by atoms with van der Waals surface area (Å²) in [5.74, 6) is -1.81. The number of hydrogen-bond acceptors (Lipinski definition) is 7. The average Bonchev–Trinajstić information content (AvgIpc) is 3.32. The number of esters is 1. The second kappa shape index (κ2) is 8.53. The Labute approximate surface area is 190 Å². The fourth-order valence-corrected chi connectivity index (χ4v) is 4.20. The van der Waals surface area contributed by atoms with Crippen LogP contribution >= 0.6 is 0 Å². The maximum Gasteiger partial charge on any atom is 0.338 e. The standard InChI is InChI=1S/C23H24N4O6/c1-23(2)22(30)24-16-7-3-4-8-17(16)26(23)20(28)14-33-21(29)15-9-10-18(19(13-15)27(31)32)25-11-5-6-12-25/h3-4,7-10,13H,5-6,11-12,14H2,1-2H3,(H,24,30). The van der Waals surface area contributed by atoms with Crippen LogP contribution in [0.25, 0.3) is 0 Å². The smallest absolute Gasteiger partial charge is 0.338 e. The minimum Gasteiger partial charge on any atom is -0.452 e. The summed E-state index contributed by atoms with van der Waals surface area (Å²) in [6.45, 7) is 4.02. The predicted molar refractivity (Wildman–Crippen MR) is 121 cm³/mol. The topological polar surface area (TPSA) is 122 Å². The monoisotopic (exact) mass is 452 g/mol. The molecule has 2 aromatic rings. The number of amides is 2. The summed E-state index contributed by atoms with van der Waals surface area (Å²) >= 11 is 0. The number of carbonyl (C=O) groups excluding carboxylic acids is 3. The lowest BCUT2D eigenvalue weighted by molar-refractivity contribution is -0.384. The number of para-hydroxylation sites is 2. The van der Waals surface area contributed by atoms with Crippen LogP contribution in [0, 0.1) is 10.1 Å². The van der Waals surface area contributed by atoms with Crippen molar-refractivity contribution in [3.8, 4) is 0 Å². The molecule has 0 unspecified atom stereocenters. The van der Waals surface area contributed by atoms with E-state index in [0.29, 0.717) is 17.1 Å². The highest BCUT2D eigenvalue weighted by Gasteiger charge is 2.43. The van der Waals surface area contributed by atoms with Crippen LogP contribution in [0.3, 0.4) is 0 Å². The molecule has 10 heteroatoms. The first kappa shape index (κ1) is 22.3. The predicted octanol–water partition coefficient (Wildman–Crippen LogP) is 3.12. The van der Waals surface area contributed by atoms with Crippen molar-refractivity contribution in [2.24, 2.45) is 0 Å². The number of anilines is 3. The highest BCUT2D eigenvalue weighted by molar-refractivity contribution is 6.14. The Hall–Kier alpha value is -3.95. The molecule has 0 aliphatic carbocycles. The summed E-state index contributed by atoms with van der Waals surface area (Å²) in [5, 5.41) is 14.3. The van der Waals surface area contributed by atoms with Gasteiger partial charge in [-0.3, -0.25) is 24.6 Å². The Morgan fingerprint density at radius 3 is 2.52 bits per heavy atom. The van der Waals surface area contributed by atoms with Crippen LogP contribution in [0.2, 0.25) is 0 Å². The van der Waals surface area contributed by atoms with Gasteiger partial charge in [0.25, 0.3) is 11.6 Å². The SMILES string of the molecule is CC1(C)C(=O)Nc2ccccc2N1C(=O)COC(=O)c1ccc(N2CCCC2)c([N+](=O)[O-])c1. The third-order valence-electron chi connectivity index (χ3n) is 5.94. The fourth-order valence-electron chi connectivity index (χ4n) is 4.20. The number of carbonyl (C=O) groups is 3. The van der Waals surface area contributed by atoms with E-state index in [2.05, 4.69) is 5.32 Å². The van der Waals surface area contributed by atoms with Crippen LogP contribution in [0.5, 0.6) is 0 Å². The second-order valence-electron chi connectivity index (χ2n) is 8.49. The molecule has 4 rings (SSSR count). The van der Waals surface area contributed by atoms with Gasteiger partial charge in [-0.05, 0) is 51.0 Å². The zero-order valence-corrected chi connectivity index (χ0v) is 18.4. The molecule has 0 atom stereocenters. The van der Waals surface area contributed by atoms with E-state index in [1.807, 2.05) is 4.90 Å². The summed E-state index contributed by atoms with van der Waals surface area (Å²) in [6, 6.07) is 11.0. The molecular weight excluding hydrogens is 428 g/mol. The van der Waals surface area contributed by atoms with Crippen LogP contribution in [-0.4, -0.2) is 47.9 Å². The van der Waals surface area contributed by atoms with Crippen molar-refractivity contribution in [3.05, 3.63) is 58.1 Å². The number of nitro benzene ring substituents is 1. The minimum atomic E-state index is -1.20. The number of rotatable bonds is 5. The second-order valence-corrected chi connectivity index (χ2v) is 8.49. The highest BCUT2D eigenvalue weighted by atomic mass is 16.6. The van der Waals surface area contributed by atoms with Crippen molar-refractivity contribution in [1.82, 2.24) is 0 Å². The lowest BCUT2D eigenvalue weighted by Gasteiger charge is -2.41. The van der Waals surface area contributed by atoms with Gasteiger partial charge in [-0.25, -0.2) is 4.79 Å². The van der Waals surface area contributed by atoms with E-state index in [1.165, 1.54) is 23.1 Å². The summed E-state index contributed by atoms with van der Waals surface area (Å²) in [6.07, 6.45) is 1.91. The van der Waals surface area contributed by atoms with Gasteiger partial charge in [-0.15, -0.1) is 0 Å². The van der Waals surface area contributed by atoms with E-state index in [0.717, 1.165) is 25.9 Å². The summed E-state index contributed by atoms with van der Waals surface area (Å²) in [5.41, 5.74) is 0.0358. The van der Waals surface area contributed by atoms with Crippen molar-refractivity contribution >= 4 is 40.5 Å². The lowest BCUT2D eigenvalue weighted by Crippen LogP contribution is -2.59. The van der Waals surface area contributed by atoms with E-state index in [1.54, 1.807) is 38.1 Å². The van der Waals surface area contributed by atoms with Gasteiger partial charge in [-0.2, -0.15) is 0 Å². The van der Waals surface area contributed by atoms with Crippen LogP contribution in [0.1, 0.15) is 37.0 Å². The molecule has 1 fully saturated rings. The number of hydrogen-bond donors (Lipinski definition) is 1. The molecule has 0 saturated carbocycles. The summed E-state index contributed by atoms with van der Waals surface area (Å²) in [7, 11) is 0. The fraction of sp³-hybridized carbons (Fsp3) is 0.348. The number of fused-ring (bicyclic) bond motifs is 1. The molecular formula is C23H24N4O6. The van der Waals surface area contributed by atoms with E-state index in [9.17, 15) is 24.5 Å². The molecule has 0 radical (unpaired) electrons. The molecule has 2 amide bonds. The average molecular weight is 452 g/mol. The third kappa shape index (κ3) is 4.11. The van der Waals surface area contributed by atoms with Gasteiger partial charge in [-0.1, -0.05) is 12.1 Å². The van der Waals surface area contributed by atoms with Gasteiger partial charge in [0.15, 0.2) is 6.61 Å². The van der Waals surface area contributed by atoms with Gasteiger partial charge in [0, 0.05) is 19.2 Å². The van der Waals surface area contributed by atoms with Crippen LogP contribution in [0.15, 0.2) is 42.5 Å². The first-order valence-electron chi connectivity index (χ1n) is 10.6. The molecule has 1 N–H and O–H groups in total. The van der Waals surface area contributed by atoms with E-state index in [-0.39, 0.29) is 17.2 Å². The van der Waals surface area contributed by atoms with Crippen LogP contribution in [0.4, 0.5) is 22.7 Å². The zero-order valence-electron chi connectivity index (χ0n) is 18.4. The van der Waals surface area contributed by atoms with Gasteiger partial charge in [0.1, 0.15) is 11.2 Å². The van der Waals surface area contributed by atoms with Crippen molar-refractivity contribution in [3.63, 3.8) is 0 Å². The molecule has 0 spiro atoms. The van der Waals surface area contributed by atoms with Crippen LogP contribution in [-0.2, 0) is 14.3 Å². The van der Waals surface area contributed by atoms with Crippen molar-refractivity contribution in [2.45, 2.75) is 32.2 Å². The quantitative estimate of drug-likeness (QED) is 0.420. The largest absolute Gasteiger partial charge is 0.452 e. The summed E-state index contributed by atoms with van der Waals surface area (Å²) < 4.78 is 5.19. The Morgan fingerprint density at radius 2 is 1.82 bits per heavy atom. The number of nitro groups is 1. The molecule has 2 aliphatic heterocycles. The Bertz CT molecular complexity index is 1140. The van der Waals surface area contributed by atoms with Gasteiger partial charge in [0.05, 0.1) is 21.9 Å². The normalized spacial score (nSPS) is 16.7. The maximum atomic E-state index is 13.0. The van der Waals surface area contributed by atoms with Gasteiger partial charge in [0.2, 0.25) is 5.91 Å². The third-order valence-corrected chi connectivity index (χ3v) is 5.94. The molecule has 172 valence electrons.